The van der Waals surface area contributed by atoms with Crippen molar-refractivity contribution in [3.63, 3.8) is 0 Å². The van der Waals surface area contributed by atoms with E-state index in [1.54, 1.807) is 36.5 Å². The van der Waals surface area contributed by atoms with Crippen LogP contribution in [-0.2, 0) is 4.79 Å². The Morgan fingerprint density at radius 2 is 1.84 bits per heavy atom. The average molecular weight is 411 g/mol. The lowest BCUT2D eigenvalue weighted by atomic mass is 10.2. The van der Waals surface area contributed by atoms with Crippen LogP contribution >= 0.6 is 0 Å². The second kappa shape index (κ2) is 8.23. The molecule has 7 heteroatoms. The molecule has 0 unspecified atom stereocenters. The number of hydrogen-bond acceptors (Lipinski definition) is 5. The molecule has 4 aromatic rings. The Morgan fingerprint density at radius 3 is 2.61 bits per heavy atom. The van der Waals surface area contributed by atoms with Crippen LogP contribution in [0.3, 0.4) is 0 Å². The zero-order valence-corrected chi connectivity index (χ0v) is 17.2. The SMILES string of the molecule is C=CC(=O)Nc1cccc(-n2c(=O)cc(C)c3cnc(Nc4cccc(C)c4)nc32)c1. The third kappa shape index (κ3) is 4.20. The molecule has 7 nitrogen and oxygen atoms in total. The average Bonchev–Trinajstić information content (AvgIpc) is 2.74. The second-order valence-electron chi connectivity index (χ2n) is 7.17. The number of anilines is 3. The summed E-state index contributed by atoms with van der Waals surface area (Å²) < 4.78 is 1.51. The van der Waals surface area contributed by atoms with E-state index in [4.69, 9.17) is 0 Å². The second-order valence-corrected chi connectivity index (χ2v) is 7.17. The van der Waals surface area contributed by atoms with Crippen molar-refractivity contribution in [2.75, 3.05) is 10.6 Å². The van der Waals surface area contributed by atoms with Crippen LogP contribution < -0.4 is 16.2 Å². The highest BCUT2D eigenvalue weighted by atomic mass is 16.1. The first kappa shape index (κ1) is 20.0. The molecule has 2 aromatic carbocycles. The van der Waals surface area contributed by atoms with Gasteiger partial charge in [-0.25, -0.2) is 4.98 Å². The van der Waals surface area contributed by atoms with Crippen LogP contribution in [0.25, 0.3) is 16.7 Å². The number of nitrogens with zero attached hydrogens (tertiary/aromatic N) is 3. The lowest BCUT2D eigenvalue weighted by Gasteiger charge is -2.14. The van der Waals surface area contributed by atoms with Gasteiger partial charge in [-0.1, -0.05) is 24.8 Å². The summed E-state index contributed by atoms with van der Waals surface area (Å²) in [6, 6.07) is 16.4. The zero-order chi connectivity index (χ0) is 22.0. The van der Waals surface area contributed by atoms with Crippen LogP contribution in [0.4, 0.5) is 17.3 Å². The minimum atomic E-state index is -0.328. The van der Waals surface area contributed by atoms with Gasteiger partial charge in [-0.2, -0.15) is 4.98 Å². The van der Waals surface area contributed by atoms with E-state index in [1.165, 1.54) is 10.6 Å². The summed E-state index contributed by atoms with van der Waals surface area (Å²) in [6.07, 6.45) is 2.89. The van der Waals surface area contributed by atoms with Gasteiger partial charge in [0.25, 0.3) is 5.56 Å². The number of carbonyl (C=O) groups excluding carboxylic acids is 1. The van der Waals surface area contributed by atoms with E-state index in [9.17, 15) is 9.59 Å². The molecule has 2 N–H and O–H groups in total. The number of fused-ring (bicyclic) bond motifs is 1. The minimum absolute atomic E-state index is 0.225. The van der Waals surface area contributed by atoms with Gasteiger partial charge in [0.2, 0.25) is 11.9 Å². The predicted octanol–water partition coefficient (Wildman–Crippen LogP) is 4.27. The summed E-state index contributed by atoms with van der Waals surface area (Å²) in [5.41, 5.74) is 4.13. The Kier molecular flexibility index (Phi) is 5.32. The molecule has 0 spiro atoms. The standard InChI is InChI=1S/C24H21N5O2/c1-4-21(30)26-18-9-6-10-19(13-18)29-22(31)12-16(3)20-14-25-24(28-23(20)29)27-17-8-5-7-15(2)11-17/h4-14H,1H2,2-3H3,(H,26,30)(H,25,27,28). The molecule has 0 fully saturated rings. The molecule has 2 aromatic heterocycles. The molecule has 31 heavy (non-hydrogen) atoms. The summed E-state index contributed by atoms with van der Waals surface area (Å²) in [4.78, 5) is 33.7. The number of amides is 1. The maximum absolute atomic E-state index is 12.9. The maximum atomic E-state index is 12.9. The molecule has 0 radical (unpaired) electrons. The molecular formula is C24H21N5O2. The highest BCUT2D eigenvalue weighted by molar-refractivity contribution is 5.99. The van der Waals surface area contributed by atoms with E-state index >= 15 is 0 Å². The topological polar surface area (TPSA) is 88.9 Å². The molecule has 0 bridgehead atoms. The zero-order valence-electron chi connectivity index (χ0n) is 17.2. The molecule has 0 aliphatic rings. The smallest absolute Gasteiger partial charge is 0.257 e. The van der Waals surface area contributed by atoms with Crippen molar-refractivity contribution >= 4 is 34.3 Å². The van der Waals surface area contributed by atoms with E-state index in [2.05, 4.69) is 27.2 Å². The van der Waals surface area contributed by atoms with Crippen molar-refractivity contribution in [1.82, 2.24) is 14.5 Å². The quantitative estimate of drug-likeness (QED) is 0.479. The van der Waals surface area contributed by atoms with Crippen LogP contribution in [0.5, 0.6) is 0 Å². The molecule has 4 rings (SSSR count). The fourth-order valence-electron chi connectivity index (χ4n) is 3.33. The van der Waals surface area contributed by atoms with Crippen molar-refractivity contribution in [3.05, 3.63) is 94.9 Å². The Balaban J connectivity index is 1.85. The minimum Gasteiger partial charge on any atom is -0.324 e. The number of benzene rings is 2. The molecule has 1 amide bonds. The molecule has 154 valence electrons. The molecule has 2 heterocycles. The molecule has 0 aliphatic heterocycles. The van der Waals surface area contributed by atoms with E-state index < -0.39 is 0 Å². The van der Waals surface area contributed by atoms with E-state index in [1.807, 2.05) is 38.1 Å². The molecule has 0 aliphatic carbocycles. The normalized spacial score (nSPS) is 10.6. The summed E-state index contributed by atoms with van der Waals surface area (Å²) in [5.74, 6) is 0.0539. The Morgan fingerprint density at radius 1 is 1.06 bits per heavy atom. The van der Waals surface area contributed by atoms with E-state index in [-0.39, 0.29) is 11.5 Å². The van der Waals surface area contributed by atoms with Crippen LogP contribution in [0.1, 0.15) is 11.1 Å². The van der Waals surface area contributed by atoms with Gasteiger partial charge in [0, 0.05) is 29.0 Å². The summed E-state index contributed by atoms with van der Waals surface area (Å²) in [6.45, 7) is 7.32. The Bertz CT molecular complexity index is 1370. The highest BCUT2D eigenvalue weighted by Gasteiger charge is 2.12. The monoisotopic (exact) mass is 411 g/mol. The fourth-order valence-corrected chi connectivity index (χ4v) is 3.33. The molecule has 0 saturated heterocycles. The van der Waals surface area contributed by atoms with E-state index in [0.29, 0.717) is 23.0 Å². The lowest BCUT2D eigenvalue weighted by Crippen LogP contribution is -2.20. The first-order chi connectivity index (χ1) is 14.9. The third-order valence-electron chi connectivity index (χ3n) is 4.80. The van der Waals surface area contributed by atoms with Crippen molar-refractivity contribution in [2.24, 2.45) is 0 Å². The van der Waals surface area contributed by atoms with Crippen molar-refractivity contribution in [3.8, 4) is 5.69 Å². The maximum Gasteiger partial charge on any atom is 0.257 e. The Labute approximate surface area is 179 Å². The number of aromatic nitrogens is 3. The van der Waals surface area contributed by atoms with Crippen molar-refractivity contribution in [1.29, 1.82) is 0 Å². The summed E-state index contributed by atoms with van der Waals surface area (Å²) in [5, 5.41) is 6.67. The van der Waals surface area contributed by atoms with Crippen LogP contribution in [0.2, 0.25) is 0 Å². The number of carbonyl (C=O) groups is 1. The van der Waals surface area contributed by atoms with Crippen molar-refractivity contribution < 1.29 is 4.79 Å². The predicted molar refractivity (Wildman–Crippen MR) is 123 cm³/mol. The molecule has 0 atom stereocenters. The van der Waals surface area contributed by atoms with Gasteiger partial charge in [-0.3, -0.25) is 14.2 Å². The number of aryl methyl sites for hydroxylation is 2. The number of rotatable bonds is 5. The van der Waals surface area contributed by atoms with Crippen molar-refractivity contribution in [2.45, 2.75) is 13.8 Å². The fraction of sp³-hybridized carbons (Fsp3) is 0.0833. The first-order valence-electron chi connectivity index (χ1n) is 9.71. The van der Waals surface area contributed by atoms with Gasteiger partial charge < -0.3 is 10.6 Å². The number of hydrogen-bond donors (Lipinski definition) is 2. The molecule has 0 saturated carbocycles. The van der Waals surface area contributed by atoms with E-state index in [0.717, 1.165) is 22.2 Å². The van der Waals surface area contributed by atoms with Gasteiger partial charge in [0.1, 0.15) is 0 Å². The van der Waals surface area contributed by atoms with Gasteiger partial charge in [0.15, 0.2) is 5.65 Å². The highest BCUT2D eigenvalue weighted by Crippen LogP contribution is 2.22. The Hall–Kier alpha value is -4.26. The van der Waals surface area contributed by atoms with Crippen LogP contribution in [-0.4, -0.2) is 20.4 Å². The van der Waals surface area contributed by atoms with Gasteiger partial charge in [0.05, 0.1) is 5.69 Å². The largest absolute Gasteiger partial charge is 0.324 e. The molecular weight excluding hydrogens is 390 g/mol. The lowest BCUT2D eigenvalue weighted by molar-refractivity contribution is -0.111. The number of nitrogens with one attached hydrogen (secondary N) is 2. The van der Waals surface area contributed by atoms with Gasteiger partial charge in [-0.15, -0.1) is 0 Å². The first-order valence-corrected chi connectivity index (χ1v) is 9.71. The summed E-state index contributed by atoms with van der Waals surface area (Å²) in [7, 11) is 0. The van der Waals surface area contributed by atoms with Gasteiger partial charge in [-0.05, 0) is 61.4 Å². The van der Waals surface area contributed by atoms with Crippen LogP contribution in [0.15, 0.2) is 78.2 Å². The van der Waals surface area contributed by atoms with Gasteiger partial charge >= 0.3 is 0 Å². The summed E-state index contributed by atoms with van der Waals surface area (Å²) >= 11 is 0. The number of pyridine rings is 1. The third-order valence-corrected chi connectivity index (χ3v) is 4.80. The van der Waals surface area contributed by atoms with Crippen LogP contribution in [0, 0.1) is 13.8 Å².